The highest BCUT2D eigenvalue weighted by Crippen LogP contribution is 1.86. The Morgan fingerprint density at radius 2 is 2.22 bits per heavy atom. The van der Waals surface area contributed by atoms with Gasteiger partial charge in [0.2, 0.25) is 11.9 Å². The second-order valence-electron chi connectivity index (χ2n) is 2.01. The summed E-state index contributed by atoms with van der Waals surface area (Å²) in [6, 6.07) is 0. The second-order valence-corrected chi connectivity index (χ2v) is 2.01. The first-order valence-corrected chi connectivity index (χ1v) is 2.74. The number of aromatic nitrogens is 2. The van der Waals surface area contributed by atoms with E-state index in [1.54, 1.807) is 19.3 Å². The molecule has 0 spiro atoms. The van der Waals surface area contributed by atoms with Crippen LogP contribution in [-0.2, 0) is 0 Å². The van der Waals surface area contributed by atoms with Crippen molar-refractivity contribution < 1.29 is 9.94 Å². The topological polar surface area (TPSA) is 37.0 Å². The maximum Gasteiger partial charge on any atom is 0.249 e. The molecule has 0 saturated heterocycles. The van der Waals surface area contributed by atoms with E-state index in [-0.39, 0.29) is 0 Å². The Kier molecular flexibility index (Phi) is 1.34. The highest BCUT2D eigenvalue weighted by molar-refractivity contribution is 4.89. The number of rotatable bonds is 0. The summed E-state index contributed by atoms with van der Waals surface area (Å²) < 4.78 is 1.06. The fourth-order valence-corrected chi connectivity index (χ4v) is 0.567. The van der Waals surface area contributed by atoms with Crippen LogP contribution in [0.3, 0.4) is 0 Å². The molecule has 1 N–H and O–H groups in total. The van der Waals surface area contributed by atoms with Crippen molar-refractivity contribution in [1.82, 2.24) is 4.98 Å². The largest absolute Gasteiger partial charge is 0.285 e. The van der Waals surface area contributed by atoms with E-state index < -0.39 is 0 Å². The summed E-state index contributed by atoms with van der Waals surface area (Å²) in [6.45, 7) is 3.61. The van der Waals surface area contributed by atoms with Crippen molar-refractivity contribution >= 4 is 0 Å². The number of hydrogen-bond donors (Lipinski definition) is 1. The number of nitrogens with zero attached hydrogens (tertiary/aromatic N) is 2. The maximum atomic E-state index is 8.98. The molecule has 0 amide bonds. The van der Waals surface area contributed by atoms with E-state index in [0.717, 1.165) is 16.1 Å². The molecule has 0 radical (unpaired) electrons. The molecule has 0 aliphatic heterocycles. The van der Waals surface area contributed by atoms with Crippen LogP contribution < -0.4 is 4.73 Å². The Balaban J connectivity index is 3.17. The van der Waals surface area contributed by atoms with Crippen LogP contribution in [0.25, 0.3) is 0 Å². The third kappa shape index (κ3) is 1.16. The molecule has 1 heterocycles. The highest BCUT2D eigenvalue weighted by Gasteiger charge is 2.02. The maximum absolute atomic E-state index is 8.98. The molecule has 0 saturated carbocycles. The lowest BCUT2D eigenvalue weighted by atomic mass is 10.4. The van der Waals surface area contributed by atoms with E-state index in [1.807, 2.05) is 6.92 Å². The van der Waals surface area contributed by atoms with Gasteiger partial charge < -0.3 is 0 Å². The first kappa shape index (κ1) is 6.01. The quantitative estimate of drug-likeness (QED) is 0.398. The van der Waals surface area contributed by atoms with Gasteiger partial charge in [-0.05, 0) is 6.92 Å². The molecule has 0 aliphatic carbocycles. The highest BCUT2D eigenvalue weighted by atomic mass is 16.5. The van der Waals surface area contributed by atoms with Gasteiger partial charge in [0.15, 0.2) is 0 Å². The summed E-state index contributed by atoms with van der Waals surface area (Å²) in [7, 11) is 0. The molecule has 0 bridgehead atoms. The monoisotopic (exact) mass is 125 g/mol. The molecule has 9 heavy (non-hydrogen) atoms. The zero-order valence-corrected chi connectivity index (χ0v) is 5.50. The Hall–Kier alpha value is -1.12. The normalized spacial score (nSPS) is 9.56. The van der Waals surface area contributed by atoms with Crippen LogP contribution in [0.15, 0.2) is 12.4 Å². The van der Waals surface area contributed by atoms with Crippen LogP contribution in [0.2, 0.25) is 0 Å². The van der Waals surface area contributed by atoms with Crippen molar-refractivity contribution in [2.24, 2.45) is 0 Å². The average molecular weight is 125 g/mol. The lowest BCUT2D eigenvalue weighted by Gasteiger charge is -1.87. The first-order chi connectivity index (χ1) is 4.20. The zero-order valence-electron chi connectivity index (χ0n) is 5.50. The van der Waals surface area contributed by atoms with Crippen molar-refractivity contribution in [3.63, 3.8) is 0 Å². The lowest BCUT2D eigenvalue weighted by Crippen LogP contribution is -2.33. The van der Waals surface area contributed by atoms with Crippen LogP contribution in [0, 0.1) is 13.8 Å². The van der Waals surface area contributed by atoms with E-state index in [2.05, 4.69) is 4.98 Å². The summed E-state index contributed by atoms with van der Waals surface area (Å²) in [5.74, 6) is 0. The fourth-order valence-electron chi connectivity index (χ4n) is 0.567. The van der Waals surface area contributed by atoms with E-state index >= 15 is 0 Å². The Bertz CT molecular complexity index is 222. The molecule has 0 aliphatic rings. The molecule has 0 aromatic carbocycles. The molecule has 3 nitrogen and oxygen atoms in total. The molecule has 0 fully saturated rings. The molecule has 1 rings (SSSR count). The third-order valence-electron chi connectivity index (χ3n) is 1.13. The SMILES string of the molecule is Cc1c[n+](O)c(C)cn1. The minimum Gasteiger partial charge on any atom is -0.285 e. The van der Waals surface area contributed by atoms with Crippen LogP contribution in [0.1, 0.15) is 11.4 Å². The van der Waals surface area contributed by atoms with E-state index in [0.29, 0.717) is 0 Å². The average Bonchev–Trinajstić information content (AvgIpc) is 1.80. The van der Waals surface area contributed by atoms with E-state index in [9.17, 15) is 0 Å². The van der Waals surface area contributed by atoms with Gasteiger partial charge in [0.1, 0.15) is 5.69 Å². The molecule has 0 atom stereocenters. The fraction of sp³-hybridized carbons (Fsp3) is 0.333. The predicted octanol–water partition coefficient (Wildman–Crippen LogP) is 0.223. The van der Waals surface area contributed by atoms with Crippen molar-refractivity contribution in [1.29, 1.82) is 0 Å². The summed E-state index contributed by atoms with van der Waals surface area (Å²) in [5.41, 5.74) is 1.55. The summed E-state index contributed by atoms with van der Waals surface area (Å²) in [4.78, 5) is 3.96. The molecule has 3 heteroatoms. The standard InChI is InChI=1S/C6H9N2O/c1-5-4-8(9)6(2)3-7-5/h3-4H,1-2H3,(H,7,9)/q+1. The molecular formula is C6H9N2O+. The van der Waals surface area contributed by atoms with Crippen molar-refractivity contribution in [2.45, 2.75) is 13.8 Å². The predicted molar refractivity (Wildman–Crippen MR) is 31.1 cm³/mol. The smallest absolute Gasteiger partial charge is 0.249 e. The first-order valence-electron chi connectivity index (χ1n) is 2.74. The van der Waals surface area contributed by atoms with Crippen molar-refractivity contribution in [2.75, 3.05) is 0 Å². The second kappa shape index (κ2) is 2.01. The van der Waals surface area contributed by atoms with Gasteiger partial charge in [0, 0.05) is 11.7 Å². The van der Waals surface area contributed by atoms with Gasteiger partial charge in [-0.1, -0.05) is 0 Å². The van der Waals surface area contributed by atoms with Gasteiger partial charge in [-0.25, -0.2) is 4.98 Å². The van der Waals surface area contributed by atoms with E-state index in [1.165, 1.54) is 0 Å². The van der Waals surface area contributed by atoms with Crippen LogP contribution >= 0.6 is 0 Å². The van der Waals surface area contributed by atoms with Gasteiger partial charge in [0.25, 0.3) is 0 Å². The molecule has 1 aromatic heterocycles. The van der Waals surface area contributed by atoms with Crippen LogP contribution in [0.4, 0.5) is 0 Å². The Morgan fingerprint density at radius 3 is 2.67 bits per heavy atom. The van der Waals surface area contributed by atoms with Crippen LogP contribution in [0.5, 0.6) is 0 Å². The van der Waals surface area contributed by atoms with Crippen LogP contribution in [-0.4, -0.2) is 10.2 Å². The lowest BCUT2D eigenvalue weighted by molar-refractivity contribution is -0.909. The minimum atomic E-state index is 0.737. The zero-order chi connectivity index (χ0) is 6.85. The molecular weight excluding hydrogens is 116 g/mol. The Labute approximate surface area is 53.6 Å². The van der Waals surface area contributed by atoms with Gasteiger partial charge in [0.05, 0.1) is 6.20 Å². The van der Waals surface area contributed by atoms with Gasteiger partial charge in [-0.3, -0.25) is 5.21 Å². The molecule has 48 valence electrons. The number of hydrogen-bond acceptors (Lipinski definition) is 2. The summed E-state index contributed by atoms with van der Waals surface area (Å²) >= 11 is 0. The van der Waals surface area contributed by atoms with Gasteiger partial charge in [-0.2, -0.15) is 0 Å². The molecule has 0 unspecified atom stereocenters. The van der Waals surface area contributed by atoms with Gasteiger partial charge >= 0.3 is 0 Å². The third-order valence-corrected chi connectivity index (χ3v) is 1.13. The molecule has 1 aromatic rings. The van der Waals surface area contributed by atoms with E-state index in [4.69, 9.17) is 5.21 Å². The summed E-state index contributed by atoms with van der Waals surface area (Å²) in [6.07, 6.45) is 3.19. The summed E-state index contributed by atoms with van der Waals surface area (Å²) in [5, 5.41) is 8.98. The minimum absolute atomic E-state index is 0.737. The van der Waals surface area contributed by atoms with Gasteiger partial charge in [-0.15, -0.1) is 0 Å². The van der Waals surface area contributed by atoms with Crippen molar-refractivity contribution in [3.8, 4) is 0 Å². The van der Waals surface area contributed by atoms with Crippen molar-refractivity contribution in [3.05, 3.63) is 23.8 Å². The Morgan fingerprint density at radius 1 is 1.56 bits per heavy atom. The number of aryl methyl sites for hydroxylation is 2.